The summed E-state index contributed by atoms with van der Waals surface area (Å²) in [4.78, 5) is 0. The van der Waals surface area contributed by atoms with Gasteiger partial charge in [0, 0.05) is 6.04 Å². The van der Waals surface area contributed by atoms with Crippen LogP contribution in [0.2, 0.25) is 0 Å². The van der Waals surface area contributed by atoms with E-state index >= 15 is 0 Å². The summed E-state index contributed by atoms with van der Waals surface area (Å²) < 4.78 is 5.93. The molecule has 2 heteroatoms. The van der Waals surface area contributed by atoms with Crippen LogP contribution in [0.25, 0.3) is 0 Å². The molecule has 2 aromatic carbocycles. The Balaban J connectivity index is 2.11. The molecule has 2 N–H and O–H groups in total. The molecule has 0 bridgehead atoms. The maximum atomic E-state index is 5.93. The minimum absolute atomic E-state index is 0.0576. The van der Waals surface area contributed by atoms with Gasteiger partial charge in [0.1, 0.15) is 12.4 Å². The Bertz CT molecular complexity index is 582. The molecule has 0 saturated carbocycles. The molecule has 0 aliphatic rings. The van der Waals surface area contributed by atoms with E-state index in [1.807, 2.05) is 19.1 Å². The number of hydrogen-bond acceptors (Lipinski definition) is 2. The van der Waals surface area contributed by atoms with Crippen molar-refractivity contribution in [2.45, 2.75) is 40.3 Å². The first-order valence-corrected chi connectivity index (χ1v) is 7.02. The van der Waals surface area contributed by atoms with Crippen LogP contribution in [0.4, 0.5) is 0 Å². The van der Waals surface area contributed by atoms with Crippen LogP contribution in [-0.2, 0) is 6.61 Å². The van der Waals surface area contributed by atoms with Crippen molar-refractivity contribution < 1.29 is 4.74 Å². The number of nitrogens with two attached hydrogens (primary N) is 1. The molecule has 0 amide bonds. The van der Waals surface area contributed by atoms with Crippen LogP contribution in [0.15, 0.2) is 36.4 Å². The topological polar surface area (TPSA) is 35.2 Å². The molecule has 0 spiro atoms. The summed E-state index contributed by atoms with van der Waals surface area (Å²) in [5.41, 5.74) is 11.9. The molecule has 20 heavy (non-hydrogen) atoms. The molecule has 0 aromatic heterocycles. The van der Waals surface area contributed by atoms with Crippen molar-refractivity contribution in [2.75, 3.05) is 0 Å². The summed E-state index contributed by atoms with van der Waals surface area (Å²) in [7, 11) is 0. The second kappa shape index (κ2) is 6.10. The van der Waals surface area contributed by atoms with Crippen molar-refractivity contribution in [3.05, 3.63) is 64.2 Å². The van der Waals surface area contributed by atoms with E-state index in [0.29, 0.717) is 6.61 Å². The first-order valence-electron chi connectivity index (χ1n) is 7.02. The van der Waals surface area contributed by atoms with Gasteiger partial charge in [0.15, 0.2) is 0 Å². The summed E-state index contributed by atoms with van der Waals surface area (Å²) in [6.45, 7) is 8.87. The van der Waals surface area contributed by atoms with Crippen molar-refractivity contribution >= 4 is 0 Å². The van der Waals surface area contributed by atoms with Gasteiger partial charge < -0.3 is 10.5 Å². The van der Waals surface area contributed by atoms with E-state index in [0.717, 1.165) is 16.9 Å². The lowest BCUT2D eigenvalue weighted by Crippen LogP contribution is -2.05. The maximum Gasteiger partial charge on any atom is 0.122 e. The fourth-order valence-corrected chi connectivity index (χ4v) is 2.43. The molecule has 0 radical (unpaired) electrons. The van der Waals surface area contributed by atoms with E-state index < -0.39 is 0 Å². The minimum atomic E-state index is 0.0576. The van der Waals surface area contributed by atoms with E-state index in [2.05, 4.69) is 45.0 Å². The zero-order valence-corrected chi connectivity index (χ0v) is 12.7. The van der Waals surface area contributed by atoms with Crippen molar-refractivity contribution in [2.24, 2.45) is 5.73 Å². The quantitative estimate of drug-likeness (QED) is 0.902. The molecule has 0 heterocycles. The Morgan fingerprint density at radius 1 is 1.00 bits per heavy atom. The zero-order valence-electron chi connectivity index (χ0n) is 12.7. The molecule has 2 nitrogen and oxygen atoms in total. The predicted octanol–water partition coefficient (Wildman–Crippen LogP) is 4.21. The van der Waals surface area contributed by atoms with Gasteiger partial charge in [-0.05, 0) is 50.5 Å². The molecule has 2 rings (SSSR count). The lowest BCUT2D eigenvalue weighted by Gasteiger charge is -2.13. The van der Waals surface area contributed by atoms with Gasteiger partial charge in [-0.3, -0.25) is 0 Å². The molecule has 0 aliphatic carbocycles. The van der Waals surface area contributed by atoms with Crippen molar-refractivity contribution in [3.8, 4) is 5.75 Å². The Labute approximate surface area is 121 Å². The second-order valence-electron chi connectivity index (χ2n) is 5.60. The number of benzene rings is 2. The highest BCUT2D eigenvalue weighted by atomic mass is 16.5. The highest BCUT2D eigenvalue weighted by Gasteiger charge is 2.05. The second-order valence-corrected chi connectivity index (χ2v) is 5.60. The van der Waals surface area contributed by atoms with Crippen LogP contribution in [0.3, 0.4) is 0 Å². The van der Waals surface area contributed by atoms with Crippen LogP contribution < -0.4 is 10.5 Å². The first kappa shape index (κ1) is 14.6. The summed E-state index contributed by atoms with van der Waals surface area (Å²) in [6, 6.07) is 12.7. The normalized spacial score (nSPS) is 12.2. The van der Waals surface area contributed by atoms with Crippen LogP contribution in [-0.4, -0.2) is 0 Å². The molecule has 106 valence electrons. The van der Waals surface area contributed by atoms with Gasteiger partial charge >= 0.3 is 0 Å². The Morgan fingerprint density at radius 3 is 2.20 bits per heavy atom. The van der Waals surface area contributed by atoms with Gasteiger partial charge in [0.25, 0.3) is 0 Å². The summed E-state index contributed by atoms with van der Waals surface area (Å²) >= 11 is 0. The number of ether oxygens (including phenoxy) is 1. The smallest absolute Gasteiger partial charge is 0.122 e. The minimum Gasteiger partial charge on any atom is -0.489 e. The standard InChI is InChI=1S/C18H23NO/c1-12-7-13(2)9-16(8-12)11-20-18-6-5-17(15(4)19)10-14(18)3/h5-10,15H,11,19H2,1-4H3/t15-/m0/s1. The number of rotatable bonds is 4. The van der Waals surface area contributed by atoms with Gasteiger partial charge in [0.2, 0.25) is 0 Å². The lowest BCUT2D eigenvalue weighted by atomic mass is 10.1. The molecule has 0 aliphatic heterocycles. The van der Waals surface area contributed by atoms with E-state index in [-0.39, 0.29) is 6.04 Å². The van der Waals surface area contributed by atoms with Gasteiger partial charge in [-0.2, -0.15) is 0 Å². The molecule has 0 fully saturated rings. The third-order valence-electron chi connectivity index (χ3n) is 3.40. The van der Waals surface area contributed by atoms with Crippen LogP contribution in [0.1, 0.15) is 40.8 Å². The third kappa shape index (κ3) is 3.61. The van der Waals surface area contributed by atoms with Crippen LogP contribution in [0.5, 0.6) is 5.75 Å². The number of hydrogen-bond donors (Lipinski definition) is 1. The summed E-state index contributed by atoms with van der Waals surface area (Å²) in [6.07, 6.45) is 0. The third-order valence-corrected chi connectivity index (χ3v) is 3.40. The van der Waals surface area contributed by atoms with Crippen molar-refractivity contribution in [1.82, 2.24) is 0 Å². The lowest BCUT2D eigenvalue weighted by molar-refractivity contribution is 0.304. The Hall–Kier alpha value is -1.80. The highest BCUT2D eigenvalue weighted by molar-refractivity contribution is 5.37. The van der Waals surface area contributed by atoms with Crippen molar-refractivity contribution in [3.63, 3.8) is 0 Å². The molecular weight excluding hydrogens is 246 g/mol. The Morgan fingerprint density at radius 2 is 1.65 bits per heavy atom. The highest BCUT2D eigenvalue weighted by Crippen LogP contribution is 2.23. The van der Waals surface area contributed by atoms with Crippen LogP contribution in [0, 0.1) is 20.8 Å². The molecule has 1 atom stereocenters. The largest absolute Gasteiger partial charge is 0.489 e. The molecular formula is C18H23NO. The van der Waals surface area contributed by atoms with Crippen molar-refractivity contribution in [1.29, 1.82) is 0 Å². The molecule has 0 unspecified atom stereocenters. The summed E-state index contributed by atoms with van der Waals surface area (Å²) in [5.74, 6) is 0.925. The SMILES string of the molecule is Cc1cc(C)cc(COc2ccc([C@H](C)N)cc2C)c1. The zero-order chi connectivity index (χ0) is 14.7. The van der Waals surface area contributed by atoms with E-state index in [1.165, 1.54) is 16.7 Å². The van der Waals surface area contributed by atoms with Gasteiger partial charge in [-0.25, -0.2) is 0 Å². The monoisotopic (exact) mass is 269 g/mol. The molecule has 2 aromatic rings. The fourth-order valence-electron chi connectivity index (χ4n) is 2.43. The Kier molecular flexibility index (Phi) is 4.46. The predicted molar refractivity (Wildman–Crippen MR) is 84.0 cm³/mol. The van der Waals surface area contributed by atoms with E-state index in [4.69, 9.17) is 10.5 Å². The van der Waals surface area contributed by atoms with E-state index in [1.54, 1.807) is 0 Å². The number of aryl methyl sites for hydroxylation is 3. The summed E-state index contributed by atoms with van der Waals surface area (Å²) in [5, 5.41) is 0. The van der Waals surface area contributed by atoms with Crippen LogP contribution >= 0.6 is 0 Å². The first-order chi connectivity index (χ1) is 9.45. The van der Waals surface area contributed by atoms with Gasteiger partial charge in [0.05, 0.1) is 0 Å². The van der Waals surface area contributed by atoms with Gasteiger partial charge in [-0.1, -0.05) is 41.5 Å². The fraction of sp³-hybridized carbons (Fsp3) is 0.333. The van der Waals surface area contributed by atoms with E-state index in [9.17, 15) is 0 Å². The average Bonchev–Trinajstić information content (AvgIpc) is 2.36. The maximum absolute atomic E-state index is 5.93. The van der Waals surface area contributed by atoms with Gasteiger partial charge in [-0.15, -0.1) is 0 Å². The average molecular weight is 269 g/mol. The molecule has 0 saturated heterocycles.